The molecule has 3 aromatic rings. The van der Waals surface area contributed by atoms with Gasteiger partial charge < -0.3 is 9.84 Å². The fourth-order valence-electron chi connectivity index (χ4n) is 3.48. The molecule has 0 bridgehead atoms. The molecule has 0 heterocycles. The number of hydrogen-bond donors (Lipinski definition) is 2. The number of hydrogen-bond acceptors (Lipinski definition) is 4. The normalized spacial score (nSPS) is 12.4. The first-order valence-electron chi connectivity index (χ1n) is 9.35. The van der Waals surface area contributed by atoms with E-state index in [0.717, 1.165) is 16.7 Å². The van der Waals surface area contributed by atoms with Crippen molar-refractivity contribution in [2.75, 3.05) is 13.2 Å². The molecule has 0 aliphatic carbocycles. The van der Waals surface area contributed by atoms with E-state index in [4.69, 9.17) is 4.74 Å². The van der Waals surface area contributed by atoms with Gasteiger partial charge in [0.25, 0.3) is 0 Å². The molecule has 0 fully saturated rings. The van der Waals surface area contributed by atoms with Crippen LogP contribution in [-0.2, 0) is 15.1 Å². The molecule has 4 nitrogen and oxygen atoms in total. The van der Waals surface area contributed by atoms with Crippen LogP contribution in [0.2, 0.25) is 0 Å². The summed E-state index contributed by atoms with van der Waals surface area (Å²) < 4.78 is 5.19. The number of aliphatic hydroxyl groups is 1. The van der Waals surface area contributed by atoms with E-state index in [1.807, 2.05) is 54.6 Å². The number of aliphatic hydroxyl groups excluding tert-OH is 1. The first-order chi connectivity index (χ1) is 13.7. The second kappa shape index (κ2) is 9.31. The molecule has 0 aliphatic rings. The molecule has 28 heavy (non-hydrogen) atoms. The number of benzene rings is 3. The number of nitrogens with one attached hydrogen (secondary N) is 1. The van der Waals surface area contributed by atoms with Gasteiger partial charge in [0.1, 0.15) is 6.61 Å². The van der Waals surface area contributed by atoms with Gasteiger partial charge in [-0.25, -0.2) is 0 Å². The summed E-state index contributed by atoms with van der Waals surface area (Å²) in [5, 5.41) is 13.6. The lowest BCUT2D eigenvalue weighted by Crippen LogP contribution is -2.52. The van der Waals surface area contributed by atoms with Crippen LogP contribution in [-0.4, -0.2) is 30.3 Å². The standard InChI is InChI=1S/C24H25NO3/c1-19(27)28-18-23(17-26)25-24(20-11-5-2-6-12-20,21-13-7-3-8-14-21)22-15-9-4-10-16-22/h2-16,23,25-26H,17-18H2,1H3/t23-/m0/s1. The molecule has 1 atom stereocenters. The zero-order valence-electron chi connectivity index (χ0n) is 15.9. The Morgan fingerprint density at radius 2 is 1.25 bits per heavy atom. The highest BCUT2D eigenvalue weighted by Gasteiger charge is 2.38. The minimum absolute atomic E-state index is 0.0834. The smallest absolute Gasteiger partial charge is 0.302 e. The molecule has 144 valence electrons. The van der Waals surface area contributed by atoms with E-state index in [-0.39, 0.29) is 19.2 Å². The zero-order chi connectivity index (χ0) is 19.8. The first kappa shape index (κ1) is 19.8. The Labute approximate surface area is 165 Å². The molecule has 0 saturated carbocycles. The Balaban J connectivity index is 2.17. The van der Waals surface area contributed by atoms with Gasteiger partial charge in [0.05, 0.1) is 18.2 Å². The summed E-state index contributed by atoms with van der Waals surface area (Å²) in [4.78, 5) is 11.3. The largest absolute Gasteiger partial charge is 0.464 e. The van der Waals surface area contributed by atoms with Crippen molar-refractivity contribution in [3.05, 3.63) is 108 Å². The Morgan fingerprint density at radius 3 is 1.57 bits per heavy atom. The summed E-state index contributed by atoms with van der Waals surface area (Å²) in [5.41, 5.74) is 2.40. The molecule has 0 amide bonds. The fourth-order valence-corrected chi connectivity index (χ4v) is 3.48. The van der Waals surface area contributed by atoms with Crippen LogP contribution in [0.15, 0.2) is 91.0 Å². The lowest BCUT2D eigenvalue weighted by Gasteiger charge is -2.39. The van der Waals surface area contributed by atoms with Crippen molar-refractivity contribution >= 4 is 5.97 Å². The van der Waals surface area contributed by atoms with Gasteiger partial charge in [-0.15, -0.1) is 0 Å². The topological polar surface area (TPSA) is 58.6 Å². The minimum atomic E-state index is -0.711. The van der Waals surface area contributed by atoms with E-state index in [2.05, 4.69) is 41.7 Å². The molecule has 0 radical (unpaired) electrons. The molecule has 3 aromatic carbocycles. The first-order valence-corrected chi connectivity index (χ1v) is 9.35. The Morgan fingerprint density at radius 1 is 0.857 bits per heavy atom. The van der Waals surface area contributed by atoms with E-state index in [1.54, 1.807) is 0 Å². The summed E-state index contributed by atoms with van der Waals surface area (Å²) in [6.45, 7) is 1.29. The summed E-state index contributed by atoms with van der Waals surface area (Å²) in [6.07, 6.45) is 0. The molecule has 0 spiro atoms. The molecule has 3 rings (SSSR count). The van der Waals surface area contributed by atoms with Gasteiger partial charge >= 0.3 is 5.97 Å². The van der Waals surface area contributed by atoms with E-state index in [9.17, 15) is 9.90 Å². The van der Waals surface area contributed by atoms with Crippen LogP contribution in [0.5, 0.6) is 0 Å². The van der Waals surface area contributed by atoms with Gasteiger partial charge in [-0.1, -0.05) is 91.0 Å². The number of ether oxygens (including phenoxy) is 1. The van der Waals surface area contributed by atoms with Crippen LogP contribution in [0, 0.1) is 0 Å². The average molecular weight is 375 g/mol. The Kier molecular flexibility index (Phi) is 6.58. The summed E-state index contributed by atoms with van der Waals surface area (Å²) in [7, 11) is 0. The van der Waals surface area contributed by atoms with Gasteiger partial charge in [-0.3, -0.25) is 10.1 Å². The SMILES string of the molecule is CC(=O)OC[C@H](CO)NC(c1ccccc1)(c1ccccc1)c1ccccc1. The average Bonchev–Trinajstić information content (AvgIpc) is 2.76. The van der Waals surface area contributed by atoms with Crippen molar-refractivity contribution < 1.29 is 14.6 Å². The predicted molar refractivity (Wildman–Crippen MR) is 110 cm³/mol. The lowest BCUT2D eigenvalue weighted by atomic mass is 9.76. The maximum atomic E-state index is 11.3. The molecule has 0 unspecified atom stereocenters. The number of rotatable bonds is 8. The summed E-state index contributed by atoms with van der Waals surface area (Å²) in [5.74, 6) is -0.370. The van der Waals surface area contributed by atoms with Crippen molar-refractivity contribution in [1.29, 1.82) is 0 Å². The second-order valence-electron chi connectivity index (χ2n) is 6.67. The van der Waals surface area contributed by atoms with Gasteiger partial charge in [0.2, 0.25) is 0 Å². The lowest BCUT2D eigenvalue weighted by molar-refractivity contribution is -0.142. The monoisotopic (exact) mass is 375 g/mol. The highest BCUT2D eigenvalue weighted by atomic mass is 16.5. The molecular weight excluding hydrogens is 350 g/mol. The van der Waals surface area contributed by atoms with Crippen LogP contribution < -0.4 is 5.32 Å². The van der Waals surface area contributed by atoms with Crippen LogP contribution in [0.4, 0.5) is 0 Å². The number of carbonyl (C=O) groups is 1. The summed E-state index contributed by atoms with van der Waals surface area (Å²) >= 11 is 0. The quantitative estimate of drug-likeness (QED) is 0.467. The molecule has 0 saturated heterocycles. The van der Waals surface area contributed by atoms with Gasteiger partial charge in [0, 0.05) is 6.92 Å². The maximum Gasteiger partial charge on any atom is 0.302 e. The Hall–Kier alpha value is -2.95. The second-order valence-corrected chi connectivity index (χ2v) is 6.67. The van der Waals surface area contributed by atoms with Crippen LogP contribution in [0.25, 0.3) is 0 Å². The van der Waals surface area contributed by atoms with Crippen molar-refractivity contribution in [3.8, 4) is 0 Å². The van der Waals surface area contributed by atoms with Crippen LogP contribution >= 0.6 is 0 Å². The van der Waals surface area contributed by atoms with Crippen molar-refractivity contribution in [1.82, 2.24) is 5.32 Å². The summed E-state index contributed by atoms with van der Waals surface area (Å²) in [6, 6.07) is 29.9. The highest BCUT2D eigenvalue weighted by Crippen LogP contribution is 2.37. The number of esters is 1. The third-order valence-corrected chi connectivity index (χ3v) is 4.75. The van der Waals surface area contributed by atoms with Crippen LogP contribution in [0.3, 0.4) is 0 Å². The van der Waals surface area contributed by atoms with Gasteiger partial charge in [0.15, 0.2) is 0 Å². The van der Waals surface area contributed by atoms with E-state index in [1.165, 1.54) is 6.92 Å². The van der Waals surface area contributed by atoms with Crippen LogP contribution in [0.1, 0.15) is 23.6 Å². The maximum absolute atomic E-state index is 11.3. The minimum Gasteiger partial charge on any atom is -0.464 e. The molecule has 2 N–H and O–H groups in total. The third kappa shape index (κ3) is 4.30. The highest BCUT2D eigenvalue weighted by molar-refractivity contribution is 5.65. The fraction of sp³-hybridized carbons (Fsp3) is 0.208. The predicted octanol–water partition coefficient (Wildman–Crippen LogP) is 3.49. The molecule has 0 aromatic heterocycles. The van der Waals surface area contributed by atoms with E-state index >= 15 is 0 Å². The van der Waals surface area contributed by atoms with Gasteiger partial charge in [-0.2, -0.15) is 0 Å². The van der Waals surface area contributed by atoms with Crippen molar-refractivity contribution in [2.45, 2.75) is 18.5 Å². The van der Waals surface area contributed by atoms with Gasteiger partial charge in [-0.05, 0) is 16.7 Å². The van der Waals surface area contributed by atoms with Crippen molar-refractivity contribution in [2.24, 2.45) is 0 Å². The van der Waals surface area contributed by atoms with E-state index < -0.39 is 11.6 Å². The van der Waals surface area contributed by atoms with E-state index in [0.29, 0.717) is 0 Å². The Bertz CT molecular complexity index is 769. The molecular formula is C24H25NO3. The van der Waals surface area contributed by atoms with Crippen molar-refractivity contribution in [3.63, 3.8) is 0 Å². The molecule has 4 heteroatoms. The molecule has 0 aliphatic heterocycles. The zero-order valence-corrected chi connectivity index (χ0v) is 15.9. The number of carbonyl (C=O) groups excluding carboxylic acids is 1. The third-order valence-electron chi connectivity index (χ3n) is 4.75.